The predicted molar refractivity (Wildman–Crippen MR) is 213 cm³/mol. The van der Waals surface area contributed by atoms with Crippen molar-refractivity contribution in [3.8, 4) is 22.4 Å². The molecule has 0 fully saturated rings. The summed E-state index contributed by atoms with van der Waals surface area (Å²) in [7, 11) is 0. The Labute approximate surface area is 294 Å². The second-order valence-electron chi connectivity index (χ2n) is 12.9. The van der Waals surface area contributed by atoms with Crippen molar-refractivity contribution in [1.29, 1.82) is 0 Å². The number of rotatable bonds is 5. The highest BCUT2D eigenvalue weighted by Crippen LogP contribution is 2.42. The number of nitrogens with zero attached hydrogens (tertiary/aromatic N) is 4. The van der Waals surface area contributed by atoms with E-state index in [0.717, 1.165) is 77.5 Å². The minimum absolute atomic E-state index is 0.915. The van der Waals surface area contributed by atoms with Gasteiger partial charge in [0, 0.05) is 62.0 Å². The van der Waals surface area contributed by atoms with E-state index in [1.807, 2.05) is 18.5 Å². The number of fused-ring (bicyclic) bond motifs is 8. The van der Waals surface area contributed by atoms with Gasteiger partial charge in [-0.25, -0.2) is 4.98 Å². The molecule has 0 unspecified atom stereocenters. The van der Waals surface area contributed by atoms with Crippen LogP contribution >= 0.6 is 0 Å². The van der Waals surface area contributed by atoms with E-state index < -0.39 is 0 Å². The van der Waals surface area contributed by atoms with Crippen molar-refractivity contribution in [2.45, 2.75) is 0 Å². The Bertz CT molecular complexity index is 2870. The van der Waals surface area contributed by atoms with Crippen molar-refractivity contribution in [3.05, 3.63) is 182 Å². The summed E-state index contributed by atoms with van der Waals surface area (Å²) in [6, 6.07) is 60.1. The van der Waals surface area contributed by atoms with E-state index in [1.54, 1.807) is 0 Å². The van der Waals surface area contributed by atoms with Gasteiger partial charge in [-0.05, 0) is 76.5 Å². The average Bonchev–Trinajstić information content (AvgIpc) is 3.21. The van der Waals surface area contributed by atoms with Crippen LogP contribution in [0.2, 0.25) is 0 Å². The van der Waals surface area contributed by atoms with Gasteiger partial charge in [-0.15, -0.1) is 0 Å². The van der Waals surface area contributed by atoms with E-state index in [-0.39, 0.29) is 0 Å². The van der Waals surface area contributed by atoms with Gasteiger partial charge in [0.15, 0.2) is 0 Å². The fourth-order valence-electron chi connectivity index (χ4n) is 7.54. The van der Waals surface area contributed by atoms with Gasteiger partial charge in [-0.2, -0.15) is 0 Å². The van der Waals surface area contributed by atoms with Crippen LogP contribution in [0.25, 0.3) is 76.6 Å². The predicted octanol–water partition coefficient (Wildman–Crippen LogP) is 12.4. The van der Waals surface area contributed by atoms with Crippen molar-refractivity contribution in [2.24, 2.45) is 0 Å². The largest absolute Gasteiger partial charge is 0.310 e. The number of aromatic nitrogens is 3. The lowest BCUT2D eigenvalue weighted by Gasteiger charge is -2.26. The zero-order valence-corrected chi connectivity index (χ0v) is 27.6. The Morgan fingerprint density at radius 3 is 1.84 bits per heavy atom. The van der Waals surface area contributed by atoms with Crippen molar-refractivity contribution in [3.63, 3.8) is 0 Å². The third-order valence-corrected chi connectivity index (χ3v) is 9.89. The van der Waals surface area contributed by atoms with Gasteiger partial charge in [-0.1, -0.05) is 115 Å². The maximum absolute atomic E-state index is 5.42. The van der Waals surface area contributed by atoms with E-state index in [9.17, 15) is 0 Å². The van der Waals surface area contributed by atoms with Crippen LogP contribution in [0.5, 0.6) is 0 Å². The molecule has 3 aromatic heterocycles. The van der Waals surface area contributed by atoms with Crippen LogP contribution in [-0.4, -0.2) is 15.0 Å². The summed E-state index contributed by atoms with van der Waals surface area (Å²) in [6.07, 6.45) is 3.74. The van der Waals surface area contributed by atoms with Crippen molar-refractivity contribution >= 4 is 71.3 Å². The average molecular weight is 651 g/mol. The zero-order valence-electron chi connectivity index (χ0n) is 27.6. The van der Waals surface area contributed by atoms with Crippen molar-refractivity contribution in [1.82, 2.24) is 15.0 Å². The molecule has 0 atom stereocenters. The number of hydrogen-bond acceptors (Lipinski definition) is 4. The lowest BCUT2D eigenvalue weighted by Crippen LogP contribution is -2.09. The fourth-order valence-corrected chi connectivity index (χ4v) is 7.54. The van der Waals surface area contributed by atoms with Crippen LogP contribution in [0, 0.1) is 0 Å². The first-order chi connectivity index (χ1) is 25.3. The maximum atomic E-state index is 5.42. The van der Waals surface area contributed by atoms with Gasteiger partial charge in [0.2, 0.25) is 0 Å². The number of benzene rings is 7. The molecular formula is C47H30N4. The Hall–Kier alpha value is -6.91. The second kappa shape index (κ2) is 11.9. The summed E-state index contributed by atoms with van der Waals surface area (Å²) >= 11 is 0. The molecule has 0 saturated carbocycles. The molecule has 4 heteroatoms. The maximum Gasteiger partial charge on any atom is 0.0970 e. The van der Waals surface area contributed by atoms with E-state index in [4.69, 9.17) is 15.0 Å². The molecule has 0 radical (unpaired) electrons. The molecule has 3 heterocycles. The number of para-hydroxylation sites is 2. The molecule has 0 bridgehead atoms. The Kier molecular flexibility index (Phi) is 6.78. The minimum Gasteiger partial charge on any atom is -0.310 e. The van der Waals surface area contributed by atoms with Crippen LogP contribution in [0.15, 0.2) is 182 Å². The Morgan fingerprint density at radius 1 is 0.392 bits per heavy atom. The highest BCUT2D eigenvalue weighted by atomic mass is 15.1. The van der Waals surface area contributed by atoms with Gasteiger partial charge < -0.3 is 4.90 Å². The van der Waals surface area contributed by atoms with Gasteiger partial charge in [0.25, 0.3) is 0 Å². The Morgan fingerprint density at radius 2 is 1.06 bits per heavy atom. The SMILES string of the molecule is c1ccc(-c2nc3cc(N(c4ccccc4)c4ccccc4)ccc3c3c2ccc2ccc(-c4ccnc5c4ccc4cccnc45)cc23)cc1. The molecule has 238 valence electrons. The molecule has 7 aromatic carbocycles. The Balaban J connectivity index is 1.25. The summed E-state index contributed by atoms with van der Waals surface area (Å²) in [5.41, 5.74) is 10.4. The topological polar surface area (TPSA) is 41.9 Å². The van der Waals surface area contributed by atoms with Gasteiger partial charge in [0.1, 0.15) is 0 Å². The highest BCUT2D eigenvalue weighted by molar-refractivity contribution is 6.23. The molecule has 51 heavy (non-hydrogen) atoms. The van der Waals surface area contributed by atoms with Crippen LogP contribution in [-0.2, 0) is 0 Å². The zero-order chi connectivity index (χ0) is 33.7. The molecular weight excluding hydrogens is 621 g/mol. The fraction of sp³-hybridized carbons (Fsp3) is 0. The summed E-state index contributed by atoms with van der Waals surface area (Å²) < 4.78 is 0. The monoisotopic (exact) mass is 650 g/mol. The lowest BCUT2D eigenvalue weighted by atomic mass is 9.92. The standard InChI is InChI=1S/C47H30N4/c1-4-11-32(12-5-1)45-41-24-20-31-18-19-34(38-26-28-49-47-39(38)23-21-33-13-10-27-48-46(33)47)29-42(31)44(41)40-25-22-37(30-43(40)50-45)51(35-14-6-2-7-15-35)36-16-8-3-9-17-36/h1-30H. The third kappa shape index (κ3) is 4.88. The molecule has 0 N–H and O–H groups in total. The van der Waals surface area contributed by atoms with E-state index in [0.29, 0.717) is 0 Å². The van der Waals surface area contributed by atoms with Gasteiger partial charge in [-0.3, -0.25) is 9.97 Å². The molecule has 4 nitrogen and oxygen atoms in total. The minimum atomic E-state index is 0.915. The van der Waals surface area contributed by atoms with Crippen LogP contribution in [0.3, 0.4) is 0 Å². The quantitative estimate of drug-likeness (QED) is 0.174. The molecule has 0 aliphatic heterocycles. The smallest absolute Gasteiger partial charge is 0.0970 e. The van der Waals surface area contributed by atoms with E-state index in [1.165, 1.54) is 16.2 Å². The van der Waals surface area contributed by atoms with Crippen LogP contribution < -0.4 is 4.90 Å². The molecule has 0 amide bonds. The molecule has 0 aliphatic rings. The highest BCUT2D eigenvalue weighted by Gasteiger charge is 2.18. The summed E-state index contributed by atoms with van der Waals surface area (Å²) in [4.78, 5) is 17.2. The van der Waals surface area contributed by atoms with Crippen molar-refractivity contribution in [2.75, 3.05) is 4.90 Å². The van der Waals surface area contributed by atoms with Crippen LogP contribution in [0.4, 0.5) is 17.1 Å². The first-order valence-corrected chi connectivity index (χ1v) is 17.2. The van der Waals surface area contributed by atoms with Gasteiger partial charge >= 0.3 is 0 Å². The summed E-state index contributed by atoms with van der Waals surface area (Å²) in [5.74, 6) is 0. The molecule has 0 saturated heterocycles. The first kappa shape index (κ1) is 29.0. The normalized spacial score (nSPS) is 11.5. The molecule has 0 aliphatic carbocycles. The number of hydrogen-bond donors (Lipinski definition) is 0. The lowest BCUT2D eigenvalue weighted by molar-refractivity contribution is 1.28. The van der Waals surface area contributed by atoms with E-state index >= 15 is 0 Å². The van der Waals surface area contributed by atoms with E-state index in [2.05, 4.69) is 169 Å². The summed E-state index contributed by atoms with van der Waals surface area (Å²) in [6.45, 7) is 0. The molecule has 0 spiro atoms. The first-order valence-electron chi connectivity index (χ1n) is 17.2. The molecule has 10 rings (SSSR count). The second-order valence-corrected chi connectivity index (χ2v) is 12.9. The van der Waals surface area contributed by atoms with Crippen LogP contribution in [0.1, 0.15) is 0 Å². The number of anilines is 3. The van der Waals surface area contributed by atoms with Gasteiger partial charge in [0.05, 0.1) is 22.2 Å². The van der Waals surface area contributed by atoms with Crippen molar-refractivity contribution < 1.29 is 0 Å². The number of pyridine rings is 3. The molecule has 10 aromatic rings. The summed E-state index contributed by atoms with van der Waals surface area (Å²) in [5, 5.41) is 7.99. The third-order valence-electron chi connectivity index (χ3n) is 9.89.